The van der Waals surface area contributed by atoms with Crippen LogP contribution in [0.4, 0.5) is 0 Å². The number of aryl methyl sites for hydroxylation is 1. The van der Waals surface area contributed by atoms with Crippen LogP contribution >= 0.6 is 0 Å². The van der Waals surface area contributed by atoms with Gasteiger partial charge in [-0.1, -0.05) is 11.2 Å². The predicted molar refractivity (Wildman–Crippen MR) is 171 cm³/mol. The third-order valence-corrected chi connectivity index (χ3v) is 10.3. The molecule has 0 saturated carbocycles. The SMILES string of the molecule is COC(=O)c1c(C)cc2c(c1O)[C@]1(O)C(=O)c3cc4c(c(O)c3C(=O)[C@]1(OC)[C@H](O)C2)C(=O)CC(=N[C@H]1O[C@@H](C)[C@H](OC)C(N=O)[C@H]1OC)C4=O. The minimum atomic E-state index is -3.24. The van der Waals surface area contributed by atoms with E-state index in [4.69, 9.17) is 23.7 Å². The number of nitrogens with zero attached hydrogens (tertiary/aromatic N) is 2. The first-order valence-corrected chi connectivity index (χ1v) is 15.7. The van der Waals surface area contributed by atoms with E-state index >= 15 is 0 Å². The lowest BCUT2D eigenvalue weighted by Gasteiger charge is -2.52. The number of phenolic OH excluding ortho intramolecular Hbond substituents is 2. The molecule has 6 rings (SSSR count). The zero-order valence-corrected chi connectivity index (χ0v) is 28.2. The average Bonchev–Trinajstić information content (AvgIpc) is 3.08. The van der Waals surface area contributed by atoms with Crippen LogP contribution in [-0.2, 0) is 35.7 Å². The number of hydrogen-bond acceptors (Lipinski definition) is 17. The molecule has 0 bridgehead atoms. The summed E-state index contributed by atoms with van der Waals surface area (Å²) in [6.45, 7) is 3.02. The maximum absolute atomic E-state index is 14.6. The smallest absolute Gasteiger partial charge is 0.341 e. The summed E-state index contributed by atoms with van der Waals surface area (Å²) in [5, 5.41) is 49.9. The largest absolute Gasteiger partial charge is 0.507 e. The Morgan fingerprint density at radius 2 is 1.63 bits per heavy atom. The van der Waals surface area contributed by atoms with Crippen molar-refractivity contribution in [2.45, 2.75) is 74.6 Å². The number of fused-ring (bicyclic) bond motifs is 5. The Bertz CT molecular complexity index is 1970. The molecule has 3 aliphatic carbocycles. The van der Waals surface area contributed by atoms with Crippen molar-refractivity contribution in [2.75, 3.05) is 28.4 Å². The number of ether oxygens (including phenoxy) is 5. The number of methoxy groups -OCH3 is 4. The number of esters is 1. The van der Waals surface area contributed by atoms with Crippen LogP contribution < -0.4 is 0 Å². The molecule has 0 spiro atoms. The molecule has 2 aromatic rings. The number of Topliss-reactive ketones (excluding diaryl/α,β-unsaturated/α-hetero) is 4. The summed E-state index contributed by atoms with van der Waals surface area (Å²) in [4.78, 5) is 85.3. The number of ketones is 4. The lowest BCUT2D eigenvalue weighted by atomic mass is 9.56. The van der Waals surface area contributed by atoms with Crippen molar-refractivity contribution in [1.29, 1.82) is 0 Å². The Morgan fingerprint density at radius 1 is 0.961 bits per heavy atom. The topological polar surface area (TPSA) is 254 Å². The highest BCUT2D eigenvalue weighted by molar-refractivity contribution is 6.53. The third kappa shape index (κ3) is 4.62. The fraction of sp³-hybridized carbons (Fsp3) is 0.471. The Balaban J connectivity index is 1.55. The summed E-state index contributed by atoms with van der Waals surface area (Å²) < 4.78 is 26.9. The average molecular weight is 711 g/mol. The predicted octanol–water partition coefficient (Wildman–Crippen LogP) is 0.882. The van der Waals surface area contributed by atoms with Crippen molar-refractivity contribution in [3.63, 3.8) is 0 Å². The number of rotatable bonds is 6. The van der Waals surface area contributed by atoms with Gasteiger partial charge >= 0.3 is 5.97 Å². The van der Waals surface area contributed by atoms with Gasteiger partial charge in [-0.25, -0.2) is 4.79 Å². The van der Waals surface area contributed by atoms with Crippen molar-refractivity contribution in [3.8, 4) is 11.5 Å². The van der Waals surface area contributed by atoms with E-state index < -0.39 is 140 Å². The monoisotopic (exact) mass is 710 g/mol. The molecule has 0 amide bonds. The third-order valence-electron chi connectivity index (χ3n) is 10.3. The molecular formula is C34H34N2O15. The van der Waals surface area contributed by atoms with Crippen molar-refractivity contribution in [1.82, 2.24) is 0 Å². The van der Waals surface area contributed by atoms with Crippen molar-refractivity contribution in [2.24, 2.45) is 10.2 Å². The van der Waals surface area contributed by atoms with Crippen LogP contribution in [0.3, 0.4) is 0 Å². The van der Waals surface area contributed by atoms with E-state index in [2.05, 4.69) is 10.2 Å². The van der Waals surface area contributed by atoms with Gasteiger partial charge in [-0.3, -0.25) is 24.2 Å². The van der Waals surface area contributed by atoms with Gasteiger partial charge in [-0.2, -0.15) is 4.91 Å². The minimum Gasteiger partial charge on any atom is -0.507 e. The summed E-state index contributed by atoms with van der Waals surface area (Å²) in [6.07, 6.45) is -7.16. The molecule has 1 saturated heterocycles. The van der Waals surface area contributed by atoms with E-state index in [1.165, 1.54) is 27.2 Å². The number of aliphatic hydroxyl groups is 2. The van der Waals surface area contributed by atoms with Crippen LogP contribution in [0.5, 0.6) is 11.5 Å². The Kier molecular flexibility index (Phi) is 8.81. The molecule has 17 heteroatoms. The molecular weight excluding hydrogens is 676 g/mol. The Hall–Kier alpha value is -4.78. The van der Waals surface area contributed by atoms with Gasteiger partial charge in [0.15, 0.2) is 29.3 Å². The van der Waals surface area contributed by atoms with Crippen LogP contribution in [0, 0.1) is 11.8 Å². The lowest BCUT2D eigenvalue weighted by Crippen LogP contribution is -2.73. The second-order valence-electron chi connectivity index (χ2n) is 12.8. The quantitative estimate of drug-likeness (QED) is 0.240. The lowest BCUT2D eigenvalue weighted by molar-refractivity contribution is -0.184. The zero-order valence-electron chi connectivity index (χ0n) is 28.2. The van der Waals surface area contributed by atoms with Gasteiger partial charge in [0, 0.05) is 44.4 Å². The first-order valence-electron chi connectivity index (χ1n) is 15.7. The fourth-order valence-corrected chi connectivity index (χ4v) is 8.02. The van der Waals surface area contributed by atoms with Gasteiger partial charge in [0.25, 0.3) is 0 Å². The van der Waals surface area contributed by atoms with Gasteiger partial charge in [0.2, 0.25) is 17.3 Å². The van der Waals surface area contributed by atoms with Crippen LogP contribution in [0.15, 0.2) is 22.3 Å². The van der Waals surface area contributed by atoms with Crippen LogP contribution in [-0.4, -0.2) is 126 Å². The fourth-order valence-electron chi connectivity index (χ4n) is 8.02. The van der Waals surface area contributed by atoms with Gasteiger partial charge < -0.3 is 44.1 Å². The summed E-state index contributed by atoms with van der Waals surface area (Å²) in [5.41, 5.74) is -10.2. The highest BCUT2D eigenvalue weighted by atomic mass is 16.6. The molecule has 0 aromatic heterocycles. The number of phenols is 2. The van der Waals surface area contributed by atoms with Crippen molar-refractivity contribution < 1.29 is 68.1 Å². The number of aromatic hydroxyl groups is 2. The Labute approximate surface area is 289 Å². The first-order chi connectivity index (χ1) is 24.1. The molecule has 0 radical (unpaired) electrons. The number of benzene rings is 2. The van der Waals surface area contributed by atoms with E-state index in [0.29, 0.717) is 0 Å². The van der Waals surface area contributed by atoms with E-state index in [1.54, 1.807) is 6.92 Å². The van der Waals surface area contributed by atoms with Crippen LogP contribution in [0.25, 0.3) is 0 Å². The molecule has 270 valence electrons. The molecule has 1 unspecified atom stereocenters. The molecule has 8 atom stereocenters. The van der Waals surface area contributed by atoms with Gasteiger partial charge in [-0.05, 0) is 31.0 Å². The molecule has 2 aromatic carbocycles. The summed E-state index contributed by atoms with van der Waals surface area (Å²) in [7, 11) is 4.56. The van der Waals surface area contributed by atoms with Gasteiger partial charge in [0.1, 0.15) is 29.3 Å². The van der Waals surface area contributed by atoms with Crippen LogP contribution in [0.2, 0.25) is 0 Å². The van der Waals surface area contributed by atoms with E-state index in [-0.39, 0.29) is 11.1 Å². The molecule has 51 heavy (non-hydrogen) atoms. The normalized spacial score (nSPS) is 32.2. The number of hydrogen-bond donors (Lipinski definition) is 4. The summed E-state index contributed by atoms with van der Waals surface area (Å²) in [6, 6.07) is 1.04. The van der Waals surface area contributed by atoms with Crippen LogP contribution in [0.1, 0.15) is 81.8 Å². The van der Waals surface area contributed by atoms with E-state index in [1.807, 2.05) is 0 Å². The maximum Gasteiger partial charge on any atom is 0.341 e. The number of aliphatic imine (C=N–C) groups is 1. The molecule has 17 nitrogen and oxygen atoms in total. The number of carbonyl (C=O) groups is 5. The highest BCUT2D eigenvalue weighted by Crippen LogP contribution is 2.56. The number of carbonyl (C=O) groups excluding carboxylic acids is 5. The first kappa shape index (κ1) is 36.0. The maximum atomic E-state index is 14.6. The highest BCUT2D eigenvalue weighted by Gasteiger charge is 2.72. The van der Waals surface area contributed by atoms with Gasteiger partial charge in [-0.15, -0.1) is 0 Å². The van der Waals surface area contributed by atoms with E-state index in [0.717, 1.165) is 20.3 Å². The van der Waals surface area contributed by atoms with Gasteiger partial charge in [0.05, 0.1) is 42.6 Å². The summed E-state index contributed by atoms with van der Waals surface area (Å²) in [5.74, 6) is -7.65. The molecule has 1 aliphatic heterocycles. The summed E-state index contributed by atoms with van der Waals surface area (Å²) >= 11 is 0. The molecule has 1 fully saturated rings. The second kappa shape index (κ2) is 12.5. The minimum absolute atomic E-state index is 0.0129. The standard InChI is InChI=1S/C34H34N2O15/c1-11-7-13-8-18(38)34(50-6)30(43)21-15(29(42)33(34,45)22(13)26(41)19(11)32(44)49-5)9-14-20(25(21)40)17(37)10-16(24(14)39)35-31-28(48-4)23(36-46)27(47-3)12(2)51-31/h7,9,12,18,23,27-28,31,38,40-41,45H,8,10H2,1-6H3/t12-,18+,23?,27-,28+,31-,33-,34+/m0/s1. The van der Waals surface area contributed by atoms with Crippen molar-refractivity contribution >= 4 is 34.8 Å². The molecule has 1 heterocycles. The molecule has 4 N–H and O–H groups in total. The van der Waals surface area contributed by atoms with E-state index in [9.17, 15) is 49.3 Å². The number of aliphatic hydroxyl groups excluding tert-OH is 1. The van der Waals surface area contributed by atoms with Crippen molar-refractivity contribution in [3.05, 3.63) is 61.5 Å². The second-order valence-corrected chi connectivity index (χ2v) is 12.8. The zero-order chi connectivity index (χ0) is 37.5. The molecule has 4 aliphatic rings. The Morgan fingerprint density at radius 3 is 2.22 bits per heavy atom. The number of nitroso groups, excluding NO2 is 1.